The topological polar surface area (TPSA) is 52.6 Å². The third-order valence-corrected chi connectivity index (χ3v) is 5.88. The van der Waals surface area contributed by atoms with Crippen LogP contribution in [0.3, 0.4) is 0 Å². The lowest BCUT2D eigenvalue weighted by Gasteiger charge is -2.26. The summed E-state index contributed by atoms with van der Waals surface area (Å²) in [6.07, 6.45) is 0.446. The van der Waals surface area contributed by atoms with E-state index in [0.717, 1.165) is 22.3 Å². The van der Waals surface area contributed by atoms with Crippen LogP contribution in [0.25, 0.3) is 0 Å². The van der Waals surface area contributed by atoms with Crippen molar-refractivity contribution < 1.29 is 19.1 Å². The average molecular weight is 459 g/mol. The Kier molecular flexibility index (Phi) is 7.93. The molecule has 0 amide bonds. The molecule has 34 heavy (non-hydrogen) atoms. The summed E-state index contributed by atoms with van der Waals surface area (Å²) in [5.41, 5.74) is 4.94. The van der Waals surface area contributed by atoms with Crippen LogP contribution >= 0.6 is 0 Å². The Labute approximate surface area is 202 Å². The average Bonchev–Trinajstić information content (AvgIpc) is 2.79. The van der Waals surface area contributed by atoms with Crippen molar-refractivity contribution in [3.63, 3.8) is 0 Å². The summed E-state index contributed by atoms with van der Waals surface area (Å²) in [4.78, 5) is 26.3. The van der Waals surface area contributed by atoms with Crippen LogP contribution in [0.1, 0.15) is 71.8 Å². The summed E-state index contributed by atoms with van der Waals surface area (Å²) in [7, 11) is 0. The van der Waals surface area contributed by atoms with E-state index in [0.29, 0.717) is 23.3 Å². The van der Waals surface area contributed by atoms with Gasteiger partial charge in [0.2, 0.25) is 0 Å². The molecule has 0 saturated carbocycles. The van der Waals surface area contributed by atoms with Gasteiger partial charge in [0.1, 0.15) is 5.75 Å². The second-order valence-electron chi connectivity index (χ2n) is 9.71. The van der Waals surface area contributed by atoms with E-state index in [1.54, 1.807) is 19.1 Å². The Hall–Kier alpha value is -3.40. The van der Waals surface area contributed by atoms with Gasteiger partial charge in [-0.3, -0.25) is 4.79 Å². The number of aryl methyl sites for hydroxylation is 2. The van der Waals surface area contributed by atoms with Crippen molar-refractivity contribution in [2.24, 2.45) is 0 Å². The lowest BCUT2D eigenvalue weighted by atomic mass is 9.81. The zero-order valence-corrected chi connectivity index (χ0v) is 21.0. The van der Waals surface area contributed by atoms with E-state index >= 15 is 0 Å². The van der Waals surface area contributed by atoms with Crippen molar-refractivity contribution in [1.29, 1.82) is 0 Å². The highest BCUT2D eigenvalue weighted by atomic mass is 16.5. The number of benzene rings is 3. The summed E-state index contributed by atoms with van der Waals surface area (Å²) in [6.45, 7) is 12.3. The molecule has 0 saturated heterocycles. The fourth-order valence-corrected chi connectivity index (χ4v) is 3.89. The molecule has 3 aromatic rings. The summed E-state index contributed by atoms with van der Waals surface area (Å²) < 4.78 is 11.4. The molecule has 4 nitrogen and oxygen atoms in total. The molecule has 0 N–H and O–H groups in total. The first-order valence-electron chi connectivity index (χ1n) is 11.7. The third kappa shape index (κ3) is 6.13. The highest BCUT2D eigenvalue weighted by Gasteiger charge is 2.30. The molecule has 0 heterocycles. The molecule has 0 bridgehead atoms. The van der Waals surface area contributed by atoms with Crippen LogP contribution in [0.2, 0.25) is 0 Å². The predicted molar refractivity (Wildman–Crippen MR) is 136 cm³/mol. The van der Waals surface area contributed by atoms with Crippen LogP contribution < -0.4 is 4.74 Å². The normalized spacial score (nSPS) is 12.2. The Balaban J connectivity index is 2.13. The SMILES string of the molecule is CCOC(=O)C(Cc1ccccc1)c1cc(C(C)(C)C)cc(C)c1OC(=O)c1ccc(C)cc1. The molecule has 0 aromatic heterocycles. The van der Waals surface area contributed by atoms with Crippen LogP contribution in [0.4, 0.5) is 0 Å². The fraction of sp³-hybridized carbons (Fsp3) is 0.333. The molecule has 0 aliphatic rings. The Morgan fingerprint density at radius 1 is 0.912 bits per heavy atom. The molecular formula is C30H34O4. The predicted octanol–water partition coefficient (Wildman–Crippen LogP) is 6.71. The Bertz CT molecular complexity index is 1140. The monoisotopic (exact) mass is 458 g/mol. The molecule has 1 atom stereocenters. The van der Waals surface area contributed by atoms with Crippen molar-refractivity contribution in [3.05, 3.63) is 100 Å². The highest BCUT2D eigenvalue weighted by Crippen LogP contribution is 2.38. The maximum atomic E-state index is 13.2. The van der Waals surface area contributed by atoms with Crippen LogP contribution in [0.5, 0.6) is 5.75 Å². The summed E-state index contributed by atoms with van der Waals surface area (Å²) in [5, 5.41) is 0. The molecule has 0 fully saturated rings. The van der Waals surface area contributed by atoms with Crippen molar-refractivity contribution in [1.82, 2.24) is 0 Å². The molecule has 0 radical (unpaired) electrons. The fourth-order valence-electron chi connectivity index (χ4n) is 3.89. The first-order chi connectivity index (χ1) is 16.1. The van der Waals surface area contributed by atoms with Crippen molar-refractivity contribution in [3.8, 4) is 5.75 Å². The standard InChI is InChI=1S/C30H34O4/c1-7-33-29(32)26(18-22-11-9-8-10-12-22)25-19-24(30(4,5)6)17-21(3)27(25)34-28(31)23-15-13-20(2)14-16-23/h8-17,19,26H,7,18H2,1-6H3. The van der Waals surface area contributed by atoms with Gasteiger partial charge in [-0.2, -0.15) is 0 Å². The molecule has 3 aromatic carbocycles. The molecule has 178 valence electrons. The third-order valence-electron chi connectivity index (χ3n) is 5.88. The smallest absolute Gasteiger partial charge is 0.343 e. The lowest BCUT2D eigenvalue weighted by molar-refractivity contribution is -0.145. The summed E-state index contributed by atoms with van der Waals surface area (Å²) in [6, 6.07) is 21.1. The number of carbonyl (C=O) groups is 2. The highest BCUT2D eigenvalue weighted by molar-refractivity contribution is 5.92. The molecule has 1 unspecified atom stereocenters. The van der Waals surface area contributed by atoms with E-state index in [4.69, 9.17) is 9.47 Å². The molecule has 3 rings (SSSR count). The number of carbonyl (C=O) groups excluding carboxylic acids is 2. The minimum atomic E-state index is -0.607. The minimum Gasteiger partial charge on any atom is -0.466 e. The minimum absolute atomic E-state index is 0.148. The van der Waals surface area contributed by atoms with Gasteiger partial charge in [-0.05, 0) is 61.4 Å². The van der Waals surface area contributed by atoms with Gasteiger partial charge >= 0.3 is 11.9 Å². The Morgan fingerprint density at radius 3 is 2.15 bits per heavy atom. The van der Waals surface area contributed by atoms with Crippen molar-refractivity contribution in [2.45, 2.75) is 59.3 Å². The second kappa shape index (κ2) is 10.7. The molecule has 4 heteroatoms. The van der Waals surface area contributed by atoms with Gasteiger partial charge in [-0.1, -0.05) is 80.9 Å². The van der Waals surface area contributed by atoms with Gasteiger partial charge in [0.15, 0.2) is 0 Å². The van der Waals surface area contributed by atoms with E-state index in [-0.39, 0.29) is 18.0 Å². The van der Waals surface area contributed by atoms with Crippen molar-refractivity contribution in [2.75, 3.05) is 6.61 Å². The largest absolute Gasteiger partial charge is 0.466 e. The van der Waals surface area contributed by atoms with Gasteiger partial charge in [0.05, 0.1) is 18.1 Å². The van der Waals surface area contributed by atoms with Gasteiger partial charge in [0.25, 0.3) is 0 Å². The van der Waals surface area contributed by atoms with Crippen LogP contribution in [0.15, 0.2) is 66.7 Å². The number of hydrogen-bond donors (Lipinski definition) is 0. The van der Waals surface area contributed by atoms with Gasteiger partial charge in [-0.15, -0.1) is 0 Å². The number of ether oxygens (including phenoxy) is 2. The van der Waals surface area contributed by atoms with Gasteiger partial charge in [-0.25, -0.2) is 4.79 Å². The maximum absolute atomic E-state index is 13.2. The quantitative estimate of drug-likeness (QED) is 0.292. The number of esters is 2. The Morgan fingerprint density at radius 2 is 1.56 bits per heavy atom. The van der Waals surface area contributed by atoms with Crippen LogP contribution in [-0.2, 0) is 21.4 Å². The lowest BCUT2D eigenvalue weighted by Crippen LogP contribution is -2.22. The second-order valence-corrected chi connectivity index (χ2v) is 9.71. The van der Waals surface area contributed by atoms with E-state index in [2.05, 4.69) is 20.8 Å². The van der Waals surface area contributed by atoms with Gasteiger partial charge < -0.3 is 9.47 Å². The first kappa shape index (κ1) is 25.2. The van der Waals surface area contributed by atoms with Gasteiger partial charge in [0, 0.05) is 5.56 Å². The van der Waals surface area contributed by atoms with E-state index in [9.17, 15) is 9.59 Å². The van der Waals surface area contributed by atoms with Crippen molar-refractivity contribution >= 4 is 11.9 Å². The molecule has 0 aliphatic carbocycles. The molecular weight excluding hydrogens is 424 g/mol. The van der Waals surface area contributed by atoms with Crippen LogP contribution in [-0.4, -0.2) is 18.5 Å². The van der Waals surface area contributed by atoms with E-state index in [1.807, 2.05) is 68.4 Å². The number of rotatable bonds is 7. The molecule has 0 aliphatic heterocycles. The number of hydrogen-bond acceptors (Lipinski definition) is 4. The summed E-state index contributed by atoms with van der Waals surface area (Å²) in [5.74, 6) is -0.962. The molecule has 0 spiro atoms. The maximum Gasteiger partial charge on any atom is 0.343 e. The summed E-state index contributed by atoms with van der Waals surface area (Å²) >= 11 is 0. The van der Waals surface area contributed by atoms with E-state index in [1.165, 1.54) is 0 Å². The zero-order valence-electron chi connectivity index (χ0n) is 21.0. The first-order valence-corrected chi connectivity index (χ1v) is 11.7. The van der Waals surface area contributed by atoms with Crippen LogP contribution in [0, 0.1) is 13.8 Å². The zero-order chi connectivity index (χ0) is 24.9. The van der Waals surface area contributed by atoms with E-state index < -0.39 is 11.9 Å².